The van der Waals surface area contributed by atoms with E-state index in [9.17, 15) is 13.6 Å². The number of carbonyl (C=O) groups is 1. The lowest BCUT2D eigenvalue weighted by molar-refractivity contribution is -0.286. The molecule has 0 bridgehead atoms. The van der Waals surface area contributed by atoms with Gasteiger partial charge in [0.15, 0.2) is 11.5 Å². The minimum atomic E-state index is -3.63. The highest BCUT2D eigenvalue weighted by atomic mass is 19.3. The highest BCUT2D eigenvalue weighted by Crippen LogP contribution is 2.42. The third-order valence-corrected chi connectivity index (χ3v) is 2.42. The van der Waals surface area contributed by atoms with E-state index < -0.39 is 12.3 Å². The number of ether oxygens (including phenoxy) is 2. The maximum atomic E-state index is 12.8. The van der Waals surface area contributed by atoms with E-state index >= 15 is 0 Å². The van der Waals surface area contributed by atoms with Gasteiger partial charge in [-0.2, -0.15) is 0 Å². The molecule has 98 valence electrons. The quantitative estimate of drug-likeness (QED) is 0.863. The smallest absolute Gasteiger partial charge is 0.395 e. The fourth-order valence-electron chi connectivity index (χ4n) is 1.57. The second-order valence-corrected chi connectivity index (χ2v) is 3.81. The second-order valence-electron chi connectivity index (χ2n) is 3.81. The van der Waals surface area contributed by atoms with Crippen molar-refractivity contribution >= 4 is 11.6 Å². The van der Waals surface area contributed by atoms with Crippen molar-refractivity contribution in [3.05, 3.63) is 18.2 Å². The number of alkyl halides is 2. The van der Waals surface area contributed by atoms with Crippen LogP contribution in [0.1, 0.15) is 6.92 Å². The highest BCUT2D eigenvalue weighted by molar-refractivity contribution is 5.84. The van der Waals surface area contributed by atoms with Crippen molar-refractivity contribution in [3.63, 3.8) is 0 Å². The first-order chi connectivity index (χ1) is 8.41. The van der Waals surface area contributed by atoms with E-state index in [0.29, 0.717) is 5.69 Å². The largest absolute Gasteiger partial charge is 0.586 e. The van der Waals surface area contributed by atoms with Gasteiger partial charge in [0.25, 0.3) is 0 Å². The standard InChI is InChI=1S/C11H12F2N2O3/c1-6(10(16)14-2)15-7-3-4-8-9(5-7)18-11(12,13)17-8/h3-6,15H,1-2H3,(H,14,16). The van der Waals surface area contributed by atoms with E-state index in [4.69, 9.17) is 0 Å². The lowest BCUT2D eigenvalue weighted by Crippen LogP contribution is -2.35. The Balaban J connectivity index is 2.12. The minimum Gasteiger partial charge on any atom is -0.395 e. The molecule has 0 aromatic heterocycles. The molecule has 0 fully saturated rings. The van der Waals surface area contributed by atoms with Crippen molar-refractivity contribution in [2.75, 3.05) is 12.4 Å². The Morgan fingerprint density at radius 1 is 1.33 bits per heavy atom. The number of hydrogen-bond donors (Lipinski definition) is 2. The summed E-state index contributed by atoms with van der Waals surface area (Å²) >= 11 is 0. The van der Waals surface area contributed by atoms with Gasteiger partial charge in [0.2, 0.25) is 5.91 Å². The molecule has 1 amide bonds. The van der Waals surface area contributed by atoms with E-state index in [1.165, 1.54) is 25.2 Å². The first-order valence-corrected chi connectivity index (χ1v) is 5.29. The number of amides is 1. The number of benzene rings is 1. The SMILES string of the molecule is CNC(=O)C(C)Nc1ccc2c(c1)OC(F)(F)O2. The van der Waals surface area contributed by atoms with Crippen molar-refractivity contribution < 1.29 is 23.0 Å². The highest BCUT2D eigenvalue weighted by Gasteiger charge is 2.43. The van der Waals surface area contributed by atoms with E-state index in [1.54, 1.807) is 6.92 Å². The van der Waals surface area contributed by atoms with Gasteiger partial charge < -0.3 is 20.1 Å². The van der Waals surface area contributed by atoms with Crippen LogP contribution in [0.25, 0.3) is 0 Å². The molecule has 1 atom stereocenters. The van der Waals surface area contributed by atoms with Gasteiger partial charge in [-0.05, 0) is 19.1 Å². The summed E-state index contributed by atoms with van der Waals surface area (Å²) in [4.78, 5) is 11.3. The molecule has 1 aromatic rings. The van der Waals surface area contributed by atoms with Crippen molar-refractivity contribution in [1.29, 1.82) is 0 Å². The number of fused-ring (bicyclic) bond motifs is 1. The van der Waals surface area contributed by atoms with Crippen LogP contribution in [-0.2, 0) is 4.79 Å². The lowest BCUT2D eigenvalue weighted by Gasteiger charge is -2.13. The predicted octanol–water partition coefficient (Wildman–Crippen LogP) is 1.55. The topological polar surface area (TPSA) is 59.6 Å². The van der Waals surface area contributed by atoms with E-state index in [-0.39, 0.29) is 17.4 Å². The molecule has 5 nitrogen and oxygen atoms in total. The summed E-state index contributed by atoms with van der Waals surface area (Å²) in [5.74, 6) is -0.301. The number of carbonyl (C=O) groups excluding carboxylic acids is 1. The molecule has 0 saturated heterocycles. The number of halogens is 2. The molecule has 7 heteroatoms. The molecular formula is C11H12F2N2O3. The van der Waals surface area contributed by atoms with E-state index in [0.717, 1.165) is 0 Å². The Labute approximate surface area is 102 Å². The van der Waals surface area contributed by atoms with Crippen LogP contribution in [0.2, 0.25) is 0 Å². The van der Waals surface area contributed by atoms with Crippen LogP contribution in [0.5, 0.6) is 11.5 Å². The predicted molar refractivity (Wildman–Crippen MR) is 59.8 cm³/mol. The van der Waals surface area contributed by atoms with Crippen LogP contribution in [0.3, 0.4) is 0 Å². The van der Waals surface area contributed by atoms with Gasteiger partial charge in [0.05, 0.1) is 0 Å². The fraction of sp³-hybridized carbons (Fsp3) is 0.364. The molecule has 2 rings (SSSR count). The van der Waals surface area contributed by atoms with Gasteiger partial charge >= 0.3 is 6.29 Å². The van der Waals surface area contributed by atoms with Gasteiger partial charge in [-0.3, -0.25) is 4.79 Å². The van der Waals surface area contributed by atoms with Gasteiger partial charge in [-0.15, -0.1) is 8.78 Å². The Kier molecular flexibility index (Phi) is 2.98. The minimum absolute atomic E-state index is 0.0295. The number of hydrogen-bond acceptors (Lipinski definition) is 4. The summed E-state index contributed by atoms with van der Waals surface area (Å²) in [6, 6.07) is 3.75. The number of anilines is 1. The van der Waals surface area contributed by atoms with Crippen LogP contribution in [0, 0.1) is 0 Å². The third kappa shape index (κ3) is 2.44. The van der Waals surface area contributed by atoms with Gasteiger partial charge in [0.1, 0.15) is 6.04 Å². The number of nitrogens with one attached hydrogen (secondary N) is 2. The van der Waals surface area contributed by atoms with Crippen LogP contribution in [0.15, 0.2) is 18.2 Å². The zero-order chi connectivity index (χ0) is 13.3. The zero-order valence-electron chi connectivity index (χ0n) is 9.79. The fourth-order valence-corrected chi connectivity index (χ4v) is 1.57. The summed E-state index contributed by atoms with van der Waals surface area (Å²) in [6.07, 6.45) is -3.63. The maximum absolute atomic E-state index is 12.8. The van der Waals surface area contributed by atoms with Gasteiger partial charge in [-0.25, -0.2) is 0 Å². The molecule has 2 N–H and O–H groups in total. The average Bonchev–Trinajstić information content (AvgIpc) is 2.61. The first kappa shape index (κ1) is 12.4. The Morgan fingerprint density at radius 3 is 2.67 bits per heavy atom. The monoisotopic (exact) mass is 258 g/mol. The Hall–Kier alpha value is -2.05. The Bertz CT molecular complexity index is 479. The molecule has 1 aliphatic heterocycles. The summed E-state index contributed by atoms with van der Waals surface area (Å²) in [5.41, 5.74) is 0.492. The molecule has 0 radical (unpaired) electrons. The van der Waals surface area contributed by atoms with Crippen molar-refractivity contribution in [2.24, 2.45) is 0 Å². The van der Waals surface area contributed by atoms with Crippen molar-refractivity contribution in [3.8, 4) is 11.5 Å². The Morgan fingerprint density at radius 2 is 2.00 bits per heavy atom. The van der Waals surface area contributed by atoms with Crippen LogP contribution in [0.4, 0.5) is 14.5 Å². The molecule has 1 unspecified atom stereocenters. The summed E-state index contributed by atoms with van der Waals surface area (Å²) in [7, 11) is 1.51. The number of likely N-dealkylation sites (N-methyl/N-ethyl adjacent to an activating group) is 1. The van der Waals surface area contributed by atoms with E-state index in [1.807, 2.05) is 0 Å². The zero-order valence-corrected chi connectivity index (χ0v) is 9.79. The van der Waals surface area contributed by atoms with Gasteiger partial charge in [-0.1, -0.05) is 0 Å². The molecule has 1 aliphatic rings. The average molecular weight is 258 g/mol. The molecule has 0 aliphatic carbocycles. The van der Waals surface area contributed by atoms with Crippen molar-refractivity contribution in [1.82, 2.24) is 5.32 Å². The van der Waals surface area contributed by atoms with E-state index in [2.05, 4.69) is 20.1 Å². The lowest BCUT2D eigenvalue weighted by atomic mass is 10.2. The first-order valence-electron chi connectivity index (χ1n) is 5.29. The second kappa shape index (κ2) is 4.32. The maximum Gasteiger partial charge on any atom is 0.586 e. The van der Waals surface area contributed by atoms with Crippen LogP contribution in [-0.4, -0.2) is 25.3 Å². The summed E-state index contributed by atoms with van der Waals surface area (Å²) in [5, 5.41) is 5.33. The molecule has 18 heavy (non-hydrogen) atoms. The number of rotatable bonds is 3. The molecular weight excluding hydrogens is 246 g/mol. The molecule has 0 spiro atoms. The van der Waals surface area contributed by atoms with Crippen LogP contribution >= 0.6 is 0 Å². The molecule has 1 aromatic carbocycles. The third-order valence-electron chi connectivity index (χ3n) is 2.42. The van der Waals surface area contributed by atoms with Crippen molar-refractivity contribution in [2.45, 2.75) is 19.3 Å². The van der Waals surface area contributed by atoms with Crippen LogP contribution < -0.4 is 20.1 Å². The van der Waals surface area contributed by atoms with Gasteiger partial charge in [0, 0.05) is 18.8 Å². The molecule has 0 saturated carbocycles. The normalized spacial score (nSPS) is 17.1. The molecule has 1 heterocycles. The summed E-state index contributed by atoms with van der Waals surface area (Å²) in [6.45, 7) is 1.65. The summed E-state index contributed by atoms with van der Waals surface area (Å²) < 4.78 is 34.1.